The molecule has 3 rings (SSSR count). The standard InChI is InChI=1S/C18H21FN2OS/c1-20(2)13-9-11-21(12-10-13)18(22)17-8-7-16(23-17)14-5-3-4-6-15(14)19/h3-8,13H,9-12H2,1-2H3. The molecular weight excluding hydrogens is 311 g/mol. The summed E-state index contributed by atoms with van der Waals surface area (Å²) in [7, 11) is 4.17. The Morgan fingerprint density at radius 3 is 2.52 bits per heavy atom. The van der Waals surface area contributed by atoms with Gasteiger partial charge in [0.25, 0.3) is 5.91 Å². The number of amides is 1. The molecule has 0 radical (unpaired) electrons. The van der Waals surface area contributed by atoms with E-state index in [9.17, 15) is 9.18 Å². The number of piperidine rings is 1. The van der Waals surface area contributed by atoms with E-state index in [0.717, 1.165) is 30.8 Å². The monoisotopic (exact) mass is 332 g/mol. The van der Waals surface area contributed by atoms with Crippen molar-refractivity contribution in [1.29, 1.82) is 0 Å². The molecule has 0 saturated carbocycles. The second-order valence-corrected chi connectivity index (χ2v) is 7.21. The number of hydrogen-bond donors (Lipinski definition) is 0. The highest BCUT2D eigenvalue weighted by atomic mass is 32.1. The zero-order chi connectivity index (χ0) is 16.4. The summed E-state index contributed by atoms with van der Waals surface area (Å²) in [5.74, 6) is -0.185. The molecule has 5 heteroatoms. The maximum absolute atomic E-state index is 13.9. The minimum Gasteiger partial charge on any atom is -0.338 e. The van der Waals surface area contributed by atoms with E-state index in [1.165, 1.54) is 17.4 Å². The molecule has 1 amide bonds. The van der Waals surface area contributed by atoms with Crippen molar-refractivity contribution in [3.63, 3.8) is 0 Å². The Kier molecular flexibility index (Phi) is 4.78. The van der Waals surface area contributed by atoms with Gasteiger partial charge in [-0.25, -0.2) is 4.39 Å². The lowest BCUT2D eigenvalue weighted by atomic mass is 10.0. The highest BCUT2D eigenvalue weighted by Crippen LogP contribution is 2.31. The van der Waals surface area contributed by atoms with Crippen molar-refractivity contribution >= 4 is 17.2 Å². The maximum Gasteiger partial charge on any atom is 0.263 e. The zero-order valence-electron chi connectivity index (χ0n) is 13.5. The molecule has 1 aliphatic rings. The van der Waals surface area contributed by atoms with Crippen LogP contribution >= 0.6 is 11.3 Å². The van der Waals surface area contributed by atoms with E-state index < -0.39 is 0 Å². The van der Waals surface area contributed by atoms with Gasteiger partial charge in [0.15, 0.2) is 0 Å². The summed E-state index contributed by atoms with van der Waals surface area (Å²) in [5.41, 5.74) is 0.558. The van der Waals surface area contributed by atoms with Crippen LogP contribution in [-0.4, -0.2) is 48.9 Å². The van der Waals surface area contributed by atoms with Crippen LogP contribution in [0, 0.1) is 5.82 Å². The van der Waals surface area contributed by atoms with Crippen molar-refractivity contribution < 1.29 is 9.18 Å². The molecule has 1 saturated heterocycles. The van der Waals surface area contributed by atoms with Gasteiger partial charge in [0.2, 0.25) is 0 Å². The SMILES string of the molecule is CN(C)C1CCN(C(=O)c2ccc(-c3ccccc3F)s2)CC1. The first-order valence-electron chi connectivity index (χ1n) is 7.86. The highest BCUT2D eigenvalue weighted by molar-refractivity contribution is 7.17. The van der Waals surface area contributed by atoms with Crippen LogP contribution in [0.3, 0.4) is 0 Å². The average Bonchev–Trinajstić information content (AvgIpc) is 3.04. The van der Waals surface area contributed by atoms with Crippen molar-refractivity contribution in [3.05, 3.63) is 47.1 Å². The van der Waals surface area contributed by atoms with Crippen molar-refractivity contribution in [2.24, 2.45) is 0 Å². The molecule has 0 unspecified atom stereocenters. The molecule has 23 heavy (non-hydrogen) atoms. The van der Waals surface area contributed by atoms with Crippen molar-refractivity contribution in [2.75, 3.05) is 27.2 Å². The van der Waals surface area contributed by atoms with Crippen molar-refractivity contribution in [3.8, 4) is 10.4 Å². The average molecular weight is 332 g/mol. The lowest BCUT2D eigenvalue weighted by Crippen LogP contribution is -2.44. The number of carbonyl (C=O) groups is 1. The fraction of sp³-hybridized carbons (Fsp3) is 0.389. The molecule has 0 N–H and O–H groups in total. The number of nitrogens with zero attached hydrogens (tertiary/aromatic N) is 2. The largest absolute Gasteiger partial charge is 0.338 e. The fourth-order valence-corrected chi connectivity index (χ4v) is 4.00. The molecule has 3 nitrogen and oxygen atoms in total. The minimum atomic E-state index is -0.250. The minimum absolute atomic E-state index is 0.0646. The van der Waals surface area contributed by atoms with Gasteiger partial charge in [0.1, 0.15) is 5.82 Å². The predicted molar refractivity (Wildman–Crippen MR) is 92.3 cm³/mol. The molecule has 0 bridgehead atoms. The smallest absolute Gasteiger partial charge is 0.263 e. The first-order valence-corrected chi connectivity index (χ1v) is 8.68. The van der Waals surface area contributed by atoms with E-state index in [1.807, 2.05) is 23.1 Å². The van der Waals surface area contributed by atoms with Crippen molar-refractivity contribution in [1.82, 2.24) is 9.80 Å². The van der Waals surface area contributed by atoms with Gasteiger partial charge in [-0.1, -0.05) is 18.2 Å². The molecule has 2 heterocycles. The van der Waals surface area contributed by atoms with Gasteiger partial charge in [-0.15, -0.1) is 11.3 Å². The molecule has 1 aromatic carbocycles. The molecular formula is C18H21FN2OS. The molecule has 0 aliphatic carbocycles. The van der Waals surface area contributed by atoms with E-state index in [1.54, 1.807) is 12.1 Å². The highest BCUT2D eigenvalue weighted by Gasteiger charge is 2.25. The molecule has 1 fully saturated rings. The van der Waals surface area contributed by atoms with Crippen LogP contribution in [0.1, 0.15) is 22.5 Å². The lowest BCUT2D eigenvalue weighted by molar-refractivity contribution is 0.0668. The van der Waals surface area contributed by atoms with E-state index in [-0.39, 0.29) is 11.7 Å². The second-order valence-electron chi connectivity index (χ2n) is 6.13. The number of benzene rings is 1. The van der Waals surface area contributed by atoms with Crippen LogP contribution in [0.5, 0.6) is 0 Å². The van der Waals surface area contributed by atoms with E-state index in [4.69, 9.17) is 0 Å². The van der Waals surface area contributed by atoms with Crippen LogP contribution in [0.2, 0.25) is 0 Å². The van der Waals surface area contributed by atoms with Gasteiger partial charge < -0.3 is 9.80 Å². The van der Waals surface area contributed by atoms with Gasteiger partial charge in [0, 0.05) is 29.6 Å². The Hall–Kier alpha value is -1.72. The molecule has 122 valence electrons. The Bertz CT molecular complexity index is 690. The number of likely N-dealkylation sites (tertiary alicyclic amines) is 1. The van der Waals surface area contributed by atoms with Gasteiger partial charge >= 0.3 is 0 Å². The van der Waals surface area contributed by atoms with Crippen LogP contribution in [0.4, 0.5) is 4.39 Å². The van der Waals surface area contributed by atoms with Gasteiger partial charge in [-0.3, -0.25) is 4.79 Å². The molecule has 0 spiro atoms. The van der Waals surface area contributed by atoms with Crippen LogP contribution < -0.4 is 0 Å². The Balaban J connectivity index is 1.71. The Labute approximate surface area is 140 Å². The third kappa shape index (κ3) is 3.46. The first kappa shape index (κ1) is 16.1. The number of carbonyl (C=O) groups excluding carboxylic acids is 1. The number of thiophene rings is 1. The second kappa shape index (κ2) is 6.81. The van der Waals surface area contributed by atoms with E-state index in [0.29, 0.717) is 16.5 Å². The van der Waals surface area contributed by atoms with Crippen LogP contribution in [-0.2, 0) is 0 Å². The molecule has 2 aromatic rings. The summed E-state index contributed by atoms with van der Waals surface area (Å²) in [6.45, 7) is 1.57. The zero-order valence-corrected chi connectivity index (χ0v) is 14.3. The lowest BCUT2D eigenvalue weighted by Gasteiger charge is -2.35. The van der Waals surface area contributed by atoms with Gasteiger partial charge in [-0.2, -0.15) is 0 Å². The topological polar surface area (TPSA) is 23.6 Å². The summed E-state index contributed by atoms with van der Waals surface area (Å²) in [4.78, 5) is 18.3. The van der Waals surface area contributed by atoms with Gasteiger partial charge in [0.05, 0.1) is 4.88 Å². The molecule has 0 atom stereocenters. The number of hydrogen-bond acceptors (Lipinski definition) is 3. The van der Waals surface area contributed by atoms with E-state index >= 15 is 0 Å². The predicted octanol–water partition coefficient (Wildman–Crippen LogP) is 3.72. The van der Waals surface area contributed by atoms with E-state index in [2.05, 4.69) is 19.0 Å². The van der Waals surface area contributed by atoms with Crippen LogP contribution in [0.25, 0.3) is 10.4 Å². The Morgan fingerprint density at radius 1 is 1.17 bits per heavy atom. The number of halogens is 1. The first-order chi connectivity index (χ1) is 11.1. The molecule has 1 aliphatic heterocycles. The maximum atomic E-state index is 13.9. The third-order valence-electron chi connectivity index (χ3n) is 4.44. The summed E-state index contributed by atoms with van der Waals surface area (Å²) < 4.78 is 13.9. The third-order valence-corrected chi connectivity index (χ3v) is 5.54. The van der Waals surface area contributed by atoms with Gasteiger partial charge in [-0.05, 0) is 45.1 Å². The normalized spacial score (nSPS) is 16.1. The molecule has 1 aromatic heterocycles. The van der Waals surface area contributed by atoms with Crippen molar-refractivity contribution in [2.45, 2.75) is 18.9 Å². The summed E-state index contributed by atoms with van der Waals surface area (Å²) in [6, 6.07) is 10.9. The fourth-order valence-electron chi connectivity index (χ4n) is 3.00. The quantitative estimate of drug-likeness (QED) is 0.855. The summed E-state index contributed by atoms with van der Waals surface area (Å²) >= 11 is 1.37. The summed E-state index contributed by atoms with van der Waals surface area (Å²) in [6.07, 6.45) is 2.01. The summed E-state index contributed by atoms with van der Waals surface area (Å²) in [5, 5.41) is 0. The Morgan fingerprint density at radius 2 is 1.87 bits per heavy atom. The number of rotatable bonds is 3. The van der Waals surface area contributed by atoms with Crippen LogP contribution in [0.15, 0.2) is 36.4 Å².